The lowest BCUT2D eigenvalue weighted by molar-refractivity contribution is 0.883. The monoisotopic (exact) mass is 218 g/mol. The van der Waals surface area contributed by atoms with E-state index in [9.17, 15) is 0 Å². The second-order valence-corrected chi connectivity index (χ2v) is 3.39. The first-order chi connectivity index (χ1) is 7.20. The van der Waals surface area contributed by atoms with Crippen LogP contribution in [0.15, 0.2) is 30.5 Å². The Morgan fingerprint density at radius 3 is 2.80 bits per heavy atom. The Bertz CT molecular complexity index is 539. The molecule has 0 saturated heterocycles. The quantitative estimate of drug-likeness (QED) is 0.796. The molecule has 0 unspecified atom stereocenters. The first kappa shape index (κ1) is 9.56. The molecule has 2 rings (SSSR count). The number of nitrogens with zero attached hydrogens (tertiary/aromatic N) is 3. The summed E-state index contributed by atoms with van der Waals surface area (Å²) in [5.74, 6) is 0.402. The van der Waals surface area contributed by atoms with E-state index in [1.54, 1.807) is 30.5 Å². The minimum absolute atomic E-state index is 0.402. The Balaban J connectivity index is 2.61. The van der Waals surface area contributed by atoms with E-state index in [0.717, 1.165) is 0 Å². The van der Waals surface area contributed by atoms with E-state index >= 15 is 0 Å². The van der Waals surface area contributed by atoms with Gasteiger partial charge in [-0.3, -0.25) is 0 Å². The minimum atomic E-state index is 0.402. The Morgan fingerprint density at radius 2 is 2.20 bits per heavy atom. The van der Waals surface area contributed by atoms with E-state index < -0.39 is 0 Å². The summed E-state index contributed by atoms with van der Waals surface area (Å²) in [4.78, 5) is 0. The van der Waals surface area contributed by atoms with Crippen LogP contribution in [0.3, 0.4) is 0 Å². The SMILES string of the molecule is N#Cc1ccc(Cl)cc1-n1ccc(N)n1. The Kier molecular flexibility index (Phi) is 2.32. The maximum absolute atomic E-state index is 8.91. The van der Waals surface area contributed by atoms with Crippen molar-refractivity contribution in [2.45, 2.75) is 0 Å². The van der Waals surface area contributed by atoms with Gasteiger partial charge in [0.05, 0.1) is 11.3 Å². The van der Waals surface area contributed by atoms with Crippen LogP contribution in [0, 0.1) is 11.3 Å². The molecule has 2 aromatic rings. The molecule has 4 nitrogen and oxygen atoms in total. The van der Waals surface area contributed by atoms with Gasteiger partial charge in [-0.2, -0.15) is 10.4 Å². The van der Waals surface area contributed by atoms with Crippen molar-refractivity contribution < 1.29 is 0 Å². The average Bonchev–Trinajstić information content (AvgIpc) is 2.65. The molecule has 15 heavy (non-hydrogen) atoms. The highest BCUT2D eigenvalue weighted by Crippen LogP contribution is 2.19. The van der Waals surface area contributed by atoms with Gasteiger partial charge in [-0.25, -0.2) is 4.68 Å². The molecule has 0 amide bonds. The lowest BCUT2D eigenvalue weighted by Gasteiger charge is -2.03. The summed E-state index contributed by atoms with van der Waals surface area (Å²) in [5.41, 5.74) is 6.63. The van der Waals surface area contributed by atoms with Gasteiger partial charge in [0, 0.05) is 17.3 Å². The topological polar surface area (TPSA) is 67.6 Å². The molecule has 2 N–H and O–H groups in total. The number of hydrogen-bond acceptors (Lipinski definition) is 3. The molecule has 0 aliphatic heterocycles. The van der Waals surface area contributed by atoms with Crippen LogP contribution in [0.2, 0.25) is 5.02 Å². The molecule has 0 aliphatic carbocycles. The molecule has 0 fully saturated rings. The molecule has 0 spiro atoms. The highest BCUT2D eigenvalue weighted by atomic mass is 35.5. The zero-order valence-electron chi connectivity index (χ0n) is 7.68. The number of nitrogen functional groups attached to an aromatic ring is 1. The van der Waals surface area contributed by atoms with E-state index in [1.165, 1.54) is 4.68 Å². The maximum atomic E-state index is 8.91. The number of rotatable bonds is 1. The molecule has 74 valence electrons. The van der Waals surface area contributed by atoms with Crippen molar-refractivity contribution >= 4 is 17.4 Å². The third-order valence-electron chi connectivity index (χ3n) is 1.94. The molecule has 1 aromatic carbocycles. The molecule has 1 aromatic heterocycles. The van der Waals surface area contributed by atoms with Gasteiger partial charge < -0.3 is 5.73 Å². The van der Waals surface area contributed by atoms with E-state index in [0.29, 0.717) is 22.1 Å². The van der Waals surface area contributed by atoms with Gasteiger partial charge in [0.2, 0.25) is 0 Å². The fraction of sp³-hybridized carbons (Fsp3) is 0. The van der Waals surface area contributed by atoms with Crippen LogP contribution in [0.5, 0.6) is 0 Å². The van der Waals surface area contributed by atoms with Crippen molar-refractivity contribution in [3.63, 3.8) is 0 Å². The highest BCUT2D eigenvalue weighted by molar-refractivity contribution is 6.30. The number of hydrogen-bond donors (Lipinski definition) is 1. The van der Waals surface area contributed by atoms with Gasteiger partial charge in [0.25, 0.3) is 0 Å². The summed E-state index contributed by atoms with van der Waals surface area (Å²) in [6.45, 7) is 0. The standard InChI is InChI=1S/C10H7ClN4/c11-8-2-1-7(6-12)9(5-8)15-4-3-10(13)14-15/h1-5H,(H2,13,14). The van der Waals surface area contributed by atoms with E-state index in [-0.39, 0.29) is 0 Å². The first-order valence-corrected chi connectivity index (χ1v) is 4.59. The summed E-state index contributed by atoms with van der Waals surface area (Å²) in [5, 5.41) is 13.5. The molecule has 0 bridgehead atoms. The lowest BCUT2D eigenvalue weighted by Crippen LogP contribution is -1.99. The predicted molar refractivity (Wildman–Crippen MR) is 57.7 cm³/mol. The molecule has 1 heterocycles. The van der Waals surface area contributed by atoms with Crippen LogP contribution >= 0.6 is 11.6 Å². The highest BCUT2D eigenvalue weighted by Gasteiger charge is 2.06. The largest absolute Gasteiger partial charge is 0.382 e. The normalized spacial score (nSPS) is 9.87. The summed E-state index contributed by atoms with van der Waals surface area (Å²) in [6, 6.07) is 8.71. The number of aromatic nitrogens is 2. The van der Waals surface area contributed by atoms with Gasteiger partial charge in [-0.1, -0.05) is 11.6 Å². The van der Waals surface area contributed by atoms with E-state index in [2.05, 4.69) is 11.2 Å². The lowest BCUT2D eigenvalue weighted by atomic mass is 10.2. The average molecular weight is 219 g/mol. The number of halogens is 1. The van der Waals surface area contributed by atoms with E-state index in [4.69, 9.17) is 22.6 Å². The fourth-order valence-corrected chi connectivity index (χ4v) is 1.43. The van der Waals surface area contributed by atoms with Crippen LogP contribution in [-0.2, 0) is 0 Å². The molecular formula is C10H7ClN4. The Morgan fingerprint density at radius 1 is 1.40 bits per heavy atom. The molecule has 0 atom stereocenters. The fourth-order valence-electron chi connectivity index (χ4n) is 1.26. The smallest absolute Gasteiger partial charge is 0.145 e. The van der Waals surface area contributed by atoms with Gasteiger partial charge in [0.15, 0.2) is 0 Å². The van der Waals surface area contributed by atoms with Crippen molar-refractivity contribution in [2.24, 2.45) is 0 Å². The second kappa shape index (κ2) is 3.64. The predicted octanol–water partition coefficient (Wildman–Crippen LogP) is 1.98. The van der Waals surface area contributed by atoms with Gasteiger partial charge >= 0.3 is 0 Å². The summed E-state index contributed by atoms with van der Waals surface area (Å²) in [6.07, 6.45) is 1.68. The molecule has 0 saturated carbocycles. The van der Waals surface area contributed by atoms with Gasteiger partial charge in [-0.15, -0.1) is 0 Å². The molecular weight excluding hydrogens is 212 g/mol. The van der Waals surface area contributed by atoms with Crippen LogP contribution in [0.4, 0.5) is 5.82 Å². The van der Waals surface area contributed by atoms with Crippen molar-refractivity contribution in [3.8, 4) is 11.8 Å². The Hall–Kier alpha value is -1.99. The van der Waals surface area contributed by atoms with E-state index in [1.807, 2.05) is 0 Å². The van der Waals surface area contributed by atoms with Crippen molar-refractivity contribution in [1.29, 1.82) is 5.26 Å². The maximum Gasteiger partial charge on any atom is 0.145 e. The van der Waals surface area contributed by atoms with Crippen molar-refractivity contribution in [1.82, 2.24) is 9.78 Å². The summed E-state index contributed by atoms with van der Waals surface area (Å²) in [7, 11) is 0. The number of benzene rings is 1. The van der Waals surface area contributed by atoms with Crippen LogP contribution < -0.4 is 5.73 Å². The zero-order chi connectivity index (χ0) is 10.8. The third-order valence-corrected chi connectivity index (χ3v) is 2.17. The first-order valence-electron chi connectivity index (χ1n) is 4.22. The van der Waals surface area contributed by atoms with Crippen LogP contribution in [-0.4, -0.2) is 9.78 Å². The molecule has 0 radical (unpaired) electrons. The Labute approximate surface area is 91.5 Å². The number of anilines is 1. The summed E-state index contributed by atoms with van der Waals surface area (Å²) < 4.78 is 1.53. The summed E-state index contributed by atoms with van der Waals surface area (Å²) >= 11 is 5.85. The second-order valence-electron chi connectivity index (χ2n) is 2.96. The number of nitriles is 1. The number of nitrogens with two attached hydrogens (primary N) is 1. The third kappa shape index (κ3) is 1.78. The zero-order valence-corrected chi connectivity index (χ0v) is 8.44. The van der Waals surface area contributed by atoms with Crippen molar-refractivity contribution in [2.75, 3.05) is 5.73 Å². The minimum Gasteiger partial charge on any atom is -0.382 e. The van der Waals surface area contributed by atoms with Crippen molar-refractivity contribution in [3.05, 3.63) is 41.0 Å². The van der Waals surface area contributed by atoms with Gasteiger partial charge in [-0.05, 0) is 18.2 Å². The molecule has 0 aliphatic rings. The van der Waals surface area contributed by atoms with Crippen LogP contribution in [0.1, 0.15) is 5.56 Å². The van der Waals surface area contributed by atoms with Gasteiger partial charge in [0.1, 0.15) is 11.9 Å². The van der Waals surface area contributed by atoms with Crippen LogP contribution in [0.25, 0.3) is 5.69 Å². The molecule has 5 heteroatoms.